The summed E-state index contributed by atoms with van der Waals surface area (Å²) in [4.78, 5) is 4.96. The van der Waals surface area contributed by atoms with E-state index in [-0.39, 0.29) is 36.1 Å². The predicted molar refractivity (Wildman–Crippen MR) is 127 cm³/mol. The topological polar surface area (TPSA) is 46.9 Å². The Labute approximate surface area is 182 Å². The molecular formula is C26H40N2O2. The number of fused-ring (bicyclic) bond motifs is 2. The molecule has 0 saturated carbocycles. The van der Waals surface area contributed by atoms with Gasteiger partial charge in [-0.2, -0.15) is 0 Å². The van der Waals surface area contributed by atoms with Crippen molar-refractivity contribution >= 4 is 11.4 Å². The zero-order valence-corrected chi connectivity index (χ0v) is 19.7. The van der Waals surface area contributed by atoms with Crippen LogP contribution in [0.3, 0.4) is 0 Å². The molecule has 2 aliphatic rings. The van der Waals surface area contributed by atoms with Crippen molar-refractivity contribution in [1.82, 2.24) is 0 Å². The van der Waals surface area contributed by atoms with E-state index in [9.17, 15) is 10.2 Å². The first-order chi connectivity index (χ1) is 14.1. The molecule has 166 valence electrons. The van der Waals surface area contributed by atoms with Gasteiger partial charge in [0.2, 0.25) is 0 Å². The van der Waals surface area contributed by atoms with Crippen molar-refractivity contribution < 1.29 is 10.2 Å². The summed E-state index contributed by atoms with van der Waals surface area (Å²) < 4.78 is 0. The lowest BCUT2D eigenvalue weighted by molar-refractivity contribution is 0.284. The molecule has 1 aromatic rings. The van der Waals surface area contributed by atoms with Crippen LogP contribution in [-0.2, 0) is 5.41 Å². The van der Waals surface area contributed by atoms with Crippen molar-refractivity contribution in [1.29, 1.82) is 0 Å². The second-order valence-electron chi connectivity index (χ2n) is 10.7. The van der Waals surface area contributed by atoms with Gasteiger partial charge in [0.1, 0.15) is 0 Å². The standard InChI is InChI=1S/C26H40N2O2/c1-25(2,3)19-9-11-21-23(17-19)27(13-7-15-29)22-12-10-20(26(4,5)6)18-24(22)28(21)14-8-16-30/h9-12,17-18,21,23,29-30H,7-8,13-16H2,1-6H3. The van der Waals surface area contributed by atoms with Gasteiger partial charge in [-0.3, -0.25) is 0 Å². The largest absolute Gasteiger partial charge is 0.396 e. The van der Waals surface area contributed by atoms with Crippen LogP contribution in [0, 0.1) is 5.41 Å². The molecule has 2 atom stereocenters. The summed E-state index contributed by atoms with van der Waals surface area (Å²) in [6.45, 7) is 15.6. The van der Waals surface area contributed by atoms with E-state index in [0.29, 0.717) is 0 Å². The molecule has 0 radical (unpaired) electrons. The molecule has 0 amide bonds. The zero-order chi connectivity index (χ0) is 22.1. The highest BCUT2D eigenvalue weighted by atomic mass is 16.3. The Morgan fingerprint density at radius 2 is 1.40 bits per heavy atom. The highest BCUT2D eigenvalue weighted by molar-refractivity contribution is 5.78. The van der Waals surface area contributed by atoms with Crippen LogP contribution < -0.4 is 9.80 Å². The Balaban J connectivity index is 2.14. The van der Waals surface area contributed by atoms with Crippen LogP contribution >= 0.6 is 0 Å². The molecule has 2 unspecified atom stereocenters. The molecule has 3 rings (SSSR count). The average Bonchev–Trinajstić information content (AvgIpc) is 2.68. The lowest BCUT2D eigenvalue weighted by Gasteiger charge is -2.50. The van der Waals surface area contributed by atoms with Crippen LogP contribution in [0.25, 0.3) is 0 Å². The first-order valence-corrected chi connectivity index (χ1v) is 11.4. The molecule has 4 nitrogen and oxygen atoms in total. The van der Waals surface area contributed by atoms with Crippen LogP contribution in [0.15, 0.2) is 42.0 Å². The number of hydrogen-bond donors (Lipinski definition) is 2. The van der Waals surface area contributed by atoms with E-state index in [0.717, 1.165) is 25.9 Å². The number of aliphatic hydroxyl groups is 2. The molecular weight excluding hydrogens is 372 g/mol. The zero-order valence-electron chi connectivity index (χ0n) is 19.7. The van der Waals surface area contributed by atoms with Crippen LogP contribution in [0.5, 0.6) is 0 Å². The van der Waals surface area contributed by atoms with E-state index in [1.54, 1.807) is 0 Å². The number of allylic oxidation sites excluding steroid dienone is 2. The van der Waals surface area contributed by atoms with Gasteiger partial charge in [-0.1, -0.05) is 65.8 Å². The van der Waals surface area contributed by atoms with Crippen molar-refractivity contribution in [2.24, 2.45) is 5.41 Å². The number of rotatable bonds is 6. The summed E-state index contributed by atoms with van der Waals surface area (Å²) in [5, 5.41) is 19.1. The van der Waals surface area contributed by atoms with Gasteiger partial charge in [-0.15, -0.1) is 0 Å². The number of hydrogen-bond acceptors (Lipinski definition) is 4. The molecule has 1 aliphatic carbocycles. The van der Waals surface area contributed by atoms with E-state index in [2.05, 4.69) is 87.8 Å². The third-order valence-electron chi connectivity index (χ3n) is 6.33. The van der Waals surface area contributed by atoms with Gasteiger partial charge in [0.05, 0.1) is 23.5 Å². The van der Waals surface area contributed by atoms with E-state index in [1.165, 1.54) is 22.5 Å². The fourth-order valence-corrected chi connectivity index (χ4v) is 4.52. The molecule has 2 N–H and O–H groups in total. The normalized spacial score (nSPS) is 21.4. The minimum atomic E-state index is 0.0756. The Kier molecular flexibility index (Phi) is 6.69. The van der Waals surface area contributed by atoms with Crippen LogP contribution in [0.1, 0.15) is 59.9 Å². The van der Waals surface area contributed by atoms with Gasteiger partial charge < -0.3 is 20.0 Å². The fourth-order valence-electron chi connectivity index (χ4n) is 4.52. The fraction of sp³-hybridized carbons (Fsp3) is 0.615. The third-order valence-corrected chi connectivity index (χ3v) is 6.33. The van der Waals surface area contributed by atoms with Gasteiger partial charge in [-0.05, 0) is 46.9 Å². The second kappa shape index (κ2) is 8.76. The summed E-state index contributed by atoms with van der Waals surface area (Å²) >= 11 is 0. The Morgan fingerprint density at radius 1 is 0.800 bits per heavy atom. The smallest absolute Gasteiger partial charge is 0.0719 e. The first-order valence-electron chi connectivity index (χ1n) is 11.4. The SMILES string of the molecule is CC(C)(C)C1=CC2C(C=C1)N(CCCO)c1cc(C(C)(C)C)ccc1N2CCCO. The Hall–Kier alpha value is -1.78. The van der Waals surface area contributed by atoms with Crippen molar-refractivity contribution in [3.05, 3.63) is 47.6 Å². The minimum Gasteiger partial charge on any atom is -0.396 e. The van der Waals surface area contributed by atoms with Gasteiger partial charge >= 0.3 is 0 Å². The maximum atomic E-state index is 9.55. The highest BCUT2D eigenvalue weighted by Crippen LogP contribution is 2.44. The summed E-state index contributed by atoms with van der Waals surface area (Å²) in [7, 11) is 0. The monoisotopic (exact) mass is 412 g/mol. The summed E-state index contributed by atoms with van der Waals surface area (Å²) in [5.41, 5.74) is 5.32. The Bertz CT molecular complexity index is 798. The van der Waals surface area contributed by atoms with Crippen LogP contribution in [0.4, 0.5) is 11.4 Å². The van der Waals surface area contributed by atoms with E-state index in [1.807, 2.05) is 0 Å². The van der Waals surface area contributed by atoms with Gasteiger partial charge in [0, 0.05) is 26.3 Å². The van der Waals surface area contributed by atoms with Gasteiger partial charge in [-0.25, -0.2) is 0 Å². The van der Waals surface area contributed by atoms with E-state index < -0.39 is 0 Å². The van der Waals surface area contributed by atoms with E-state index in [4.69, 9.17) is 0 Å². The maximum Gasteiger partial charge on any atom is 0.0719 e. The van der Waals surface area contributed by atoms with Crippen molar-refractivity contribution in [2.75, 3.05) is 36.1 Å². The molecule has 0 fully saturated rings. The van der Waals surface area contributed by atoms with Crippen LogP contribution in [-0.4, -0.2) is 48.6 Å². The first kappa shape index (κ1) is 22.9. The number of benzene rings is 1. The number of nitrogens with zero attached hydrogens (tertiary/aromatic N) is 2. The van der Waals surface area contributed by atoms with Crippen molar-refractivity contribution in [2.45, 2.75) is 71.9 Å². The highest BCUT2D eigenvalue weighted by Gasteiger charge is 2.39. The lowest BCUT2D eigenvalue weighted by Crippen LogP contribution is -2.56. The molecule has 0 aromatic heterocycles. The quantitative estimate of drug-likeness (QED) is 0.714. The molecule has 30 heavy (non-hydrogen) atoms. The minimum absolute atomic E-state index is 0.0756. The molecule has 0 spiro atoms. The molecule has 1 aromatic carbocycles. The van der Waals surface area contributed by atoms with Gasteiger partial charge in [0.15, 0.2) is 0 Å². The molecule has 0 saturated heterocycles. The lowest BCUT2D eigenvalue weighted by atomic mass is 9.79. The molecule has 1 heterocycles. The molecule has 4 heteroatoms. The molecule has 0 bridgehead atoms. The second-order valence-corrected chi connectivity index (χ2v) is 10.7. The predicted octanol–water partition coefficient (Wildman–Crippen LogP) is 4.65. The van der Waals surface area contributed by atoms with Gasteiger partial charge in [0.25, 0.3) is 0 Å². The Morgan fingerprint density at radius 3 is 1.93 bits per heavy atom. The maximum absolute atomic E-state index is 9.55. The third kappa shape index (κ3) is 4.60. The number of anilines is 2. The van der Waals surface area contributed by atoms with Crippen molar-refractivity contribution in [3.8, 4) is 0 Å². The van der Waals surface area contributed by atoms with Crippen molar-refractivity contribution in [3.63, 3.8) is 0 Å². The summed E-state index contributed by atoms with van der Waals surface area (Å²) in [5.74, 6) is 0. The van der Waals surface area contributed by atoms with Crippen LogP contribution in [0.2, 0.25) is 0 Å². The number of aliphatic hydroxyl groups excluding tert-OH is 2. The average molecular weight is 413 g/mol. The summed E-state index contributed by atoms with van der Waals surface area (Å²) in [6, 6.07) is 7.30. The molecule has 1 aliphatic heterocycles. The van der Waals surface area contributed by atoms with E-state index >= 15 is 0 Å². The summed E-state index contributed by atoms with van der Waals surface area (Å²) in [6.07, 6.45) is 8.57.